The van der Waals surface area contributed by atoms with Gasteiger partial charge in [-0.2, -0.15) is 9.37 Å². The number of carbonyl (C=O) groups excluding carboxylic acids is 1. The number of nitrogens with one attached hydrogen (secondary N) is 1. The van der Waals surface area contributed by atoms with E-state index in [0.717, 1.165) is 30.6 Å². The molecule has 0 spiro atoms. The van der Waals surface area contributed by atoms with Crippen LogP contribution in [0.4, 0.5) is 15.0 Å². The van der Waals surface area contributed by atoms with Crippen molar-refractivity contribution in [1.29, 1.82) is 0 Å². The molecule has 0 radical (unpaired) electrons. The molecule has 1 N–H and O–H groups in total. The summed E-state index contributed by atoms with van der Waals surface area (Å²) in [6.45, 7) is 3.62. The lowest BCUT2D eigenvalue weighted by Crippen LogP contribution is -2.36. The fraction of sp³-hybridized carbons (Fsp3) is 0.522. The lowest BCUT2D eigenvalue weighted by Gasteiger charge is -2.20. The van der Waals surface area contributed by atoms with Crippen molar-refractivity contribution in [2.24, 2.45) is 5.92 Å². The number of ether oxygens (including phenoxy) is 2. The van der Waals surface area contributed by atoms with Gasteiger partial charge in [-0.3, -0.25) is 0 Å². The van der Waals surface area contributed by atoms with Crippen molar-refractivity contribution < 1.29 is 18.7 Å². The van der Waals surface area contributed by atoms with Crippen LogP contribution in [-0.4, -0.2) is 60.8 Å². The van der Waals surface area contributed by atoms with E-state index in [1.807, 2.05) is 36.1 Å². The zero-order valence-electron chi connectivity index (χ0n) is 18.8. The number of anilines is 1. The van der Waals surface area contributed by atoms with E-state index in [1.54, 1.807) is 14.1 Å². The van der Waals surface area contributed by atoms with Crippen LogP contribution in [0.2, 0.25) is 0 Å². The van der Waals surface area contributed by atoms with Crippen LogP contribution in [0.3, 0.4) is 0 Å². The minimum atomic E-state index is -0.507. The molecule has 0 bridgehead atoms. The smallest absolute Gasteiger partial charge is 0.317 e. The zero-order chi connectivity index (χ0) is 22.7. The van der Waals surface area contributed by atoms with Crippen molar-refractivity contribution >= 4 is 11.8 Å². The Hall–Kier alpha value is -3.10. The first-order valence-corrected chi connectivity index (χ1v) is 11.0. The maximum Gasteiger partial charge on any atom is 0.317 e. The third-order valence-electron chi connectivity index (χ3n) is 5.77. The molecule has 1 aromatic heterocycles. The number of amides is 2. The van der Waals surface area contributed by atoms with Gasteiger partial charge in [-0.05, 0) is 43.4 Å². The Morgan fingerprint density at radius 2 is 2.00 bits per heavy atom. The van der Waals surface area contributed by atoms with Gasteiger partial charge < -0.3 is 24.6 Å². The summed E-state index contributed by atoms with van der Waals surface area (Å²) >= 11 is 0. The van der Waals surface area contributed by atoms with Gasteiger partial charge in [0.2, 0.25) is 5.82 Å². The van der Waals surface area contributed by atoms with Crippen LogP contribution < -0.4 is 19.7 Å². The SMILES string of the molecule is C[C@H](NC(=O)N(C)C)c1ccc(OC2CCN(c3ncnc(OCC4CC4)c3F)C2)cc1. The van der Waals surface area contributed by atoms with Gasteiger partial charge in [-0.25, -0.2) is 9.78 Å². The highest BCUT2D eigenvalue weighted by atomic mass is 19.1. The standard InChI is InChI=1S/C23H30FN5O3/c1-15(27-23(30)28(2)3)17-6-8-18(9-7-17)32-19-10-11-29(12-19)21-20(24)22(26-14-25-21)31-13-16-4-5-16/h6-9,14-16,19H,4-5,10-13H2,1-3H3,(H,27,30)/t15-,19?/m0/s1. The first-order chi connectivity index (χ1) is 15.4. The van der Waals surface area contributed by atoms with Gasteiger partial charge in [-0.1, -0.05) is 12.1 Å². The van der Waals surface area contributed by atoms with E-state index in [2.05, 4.69) is 15.3 Å². The predicted molar refractivity (Wildman–Crippen MR) is 119 cm³/mol. The third-order valence-corrected chi connectivity index (χ3v) is 5.77. The molecule has 32 heavy (non-hydrogen) atoms. The highest BCUT2D eigenvalue weighted by molar-refractivity contribution is 5.74. The van der Waals surface area contributed by atoms with E-state index in [0.29, 0.717) is 25.6 Å². The first kappa shape index (κ1) is 22.1. The summed E-state index contributed by atoms with van der Waals surface area (Å²) in [4.78, 5) is 23.3. The van der Waals surface area contributed by atoms with Crippen LogP contribution in [0.5, 0.6) is 11.6 Å². The molecule has 2 amide bonds. The second-order valence-electron chi connectivity index (χ2n) is 8.68. The molecule has 1 unspecified atom stereocenters. The number of hydrogen-bond donors (Lipinski definition) is 1. The lowest BCUT2D eigenvalue weighted by molar-refractivity contribution is 0.214. The minimum Gasteiger partial charge on any atom is -0.489 e. The zero-order valence-corrected chi connectivity index (χ0v) is 18.8. The normalized spacial score (nSPS) is 18.9. The molecule has 2 aliphatic rings. The lowest BCUT2D eigenvalue weighted by atomic mass is 10.1. The molecule has 1 aliphatic heterocycles. The Bertz CT molecular complexity index is 936. The van der Waals surface area contributed by atoms with E-state index < -0.39 is 5.82 Å². The van der Waals surface area contributed by atoms with Gasteiger partial charge in [0.15, 0.2) is 5.82 Å². The molecular formula is C23H30FN5O3. The second-order valence-corrected chi connectivity index (χ2v) is 8.68. The molecule has 4 rings (SSSR count). The summed E-state index contributed by atoms with van der Waals surface area (Å²) in [5.41, 5.74) is 0.988. The highest BCUT2D eigenvalue weighted by Crippen LogP contribution is 2.31. The molecular weight excluding hydrogens is 413 g/mol. The highest BCUT2D eigenvalue weighted by Gasteiger charge is 2.29. The van der Waals surface area contributed by atoms with Gasteiger partial charge in [0.1, 0.15) is 18.2 Å². The van der Waals surface area contributed by atoms with E-state index >= 15 is 0 Å². The van der Waals surface area contributed by atoms with E-state index in [1.165, 1.54) is 11.2 Å². The number of urea groups is 1. The number of benzene rings is 1. The number of rotatable bonds is 8. The fourth-order valence-electron chi connectivity index (χ4n) is 3.59. The van der Waals surface area contributed by atoms with E-state index in [4.69, 9.17) is 9.47 Å². The molecule has 9 heteroatoms. The van der Waals surface area contributed by atoms with Gasteiger partial charge in [0.25, 0.3) is 5.88 Å². The molecule has 2 atom stereocenters. The average Bonchev–Trinajstić information content (AvgIpc) is 3.50. The second kappa shape index (κ2) is 9.58. The van der Waals surface area contributed by atoms with Gasteiger partial charge in [0.05, 0.1) is 19.2 Å². The summed E-state index contributed by atoms with van der Waals surface area (Å²) < 4.78 is 26.5. The van der Waals surface area contributed by atoms with Crippen LogP contribution in [0.15, 0.2) is 30.6 Å². The number of halogens is 1. The molecule has 2 heterocycles. The van der Waals surface area contributed by atoms with Gasteiger partial charge in [0, 0.05) is 27.1 Å². The topological polar surface area (TPSA) is 79.8 Å². The fourth-order valence-corrected chi connectivity index (χ4v) is 3.59. The third kappa shape index (κ3) is 5.38. The largest absolute Gasteiger partial charge is 0.489 e. The molecule has 1 saturated heterocycles. The Morgan fingerprint density at radius 1 is 1.25 bits per heavy atom. The summed E-state index contributed by atoms with van der Waals surface area (Å²) in [6, 6.07) is 7.42. The summed E-state index contributed by atoms with van der Waals surface area (Å²) in [5.74, 6) is 1.04. The molecule has 1 saturated carbocycles. The minimum absolute atomic E-state index is 0.0253. The van der Waals surface area contributed by atoms with Crippen molar-refractivity contribution in [1.82, 2.24) is 20.2 Å². The Labute approximate surface area is 187 Å². The molecule has 2 aromatic rings. The molecule has 2 fully saturated rings. The molecule has 1 aliphatic carbocycles. The van der Waals surface area contributed by atoms with Crippen LogP contribution >= 0.6 is 0 Å². The Morgan fingerprint density at radius 3 is 2.69 bits per heavy atom. The maximum atomic E-state index is 14.8. The van der Waals surface area contributed by atoms with Gasteiger partial charge in [-0.15, -0.1) is 0 Å². The molecule has 172 valence electrons. The quantitative estimate of drug-likeness (QED) is 0.674. The summed E-state index contributed by atoms with van der Waals surface area (Å²) in [5, 5.41) is 2.92. The monoisotopic (exact) mass is 443 g/mol. The summed E-state index contributed by atoms with van der Waals surface area (Å²) in [7, 11) is 3.42. The van der Waals surface area contributed by atoms with E-state index in [9.17, 15) is 9.18 Å². The first-order valence-electron chi connectivity index (χ1n) is 11.0. The van der Waals surface area contributed by atoms with Gasteiger partial charge >= 0.3 is 6.03 Å². The van der Waals surface area contributed by atoms with E-state index in [-0.39, 0.29) is 29.9 Å². The van der Waals surface area contributed by atoms with Crippen LogP contribution in [0, 0.1) is 11.7 Å². The van der Waals surface area contributed by atoms with Crippen LogP contribution in [-0.2, 0) is 0 Å². The maximum absolute atomic E-state index is 14.8. The Kier molecular flexibility index (Phi) is 6.62. The van der Waals surface area contributed by atoms with Crippen LogP contribution in [0.1, 0.15) is 37.8 Å². The molecule has 8 nitrogen and oxygen atoms in total. The number of nitrogens with zero attached hydrogens (tertiary/aromatic N) is 4. The number of hydrogen-bond acceptors (Lipinski definition) is 6. The van der Waals surface area contributed by atoms with Crippen molar-refractivity contribution in [2.45, 2.75) is 38.3 Å². The van der Waals surface area contributed by atoms with Crippen LogP contribution in [0.25, 0.3) is 0 Å². The summed E-state index contributed by atoms with van der Waals surface area (Å²) in [6.07, 6.45) is 4.31. The Balaban J connectivity index is 1.32. The average molecular weight is 444 g/mol. The predicted octanol–water partition coefficient (Wildman–Crippen LogP) is 3.39. The number of carbonyl (C=O) groups is 1. The number of aromatic nitrogens is 2. The van der Waals surface area contributed by atoms with Crippen molar-refractivity contribution in [2.75, 3.05) is 38.7 Å². The van der Waals surface area contributed by atoms with Crippen molar-refractivity contribution in [3.05, 3.63) is 42.0 Å². The van der Waals surface area contributed by atoms with Crippen molar-refractivity contribution in [3.8, 4) is 11.6 Å². The van der Waals surface area contributed by atoms with Crippen molar-refractivity contribution in [3.63, 3.8) is 0 Å². The molecule has 1 aromatic carbocycles.